The highest BCUT2D eigenvalue weighted by Crippen LogP contribution is 2.28. The van der Waals surface area contributed by atoms with Crippen LogP contribution < -0.4 is 10.9 Å². The highest BCUT2D eigenvalue weighted by atomic mass is 79.9. The highest BCUT2D eigenvalue weighted by molar-refractivity contribution is 9.11. The Morgan fingerprint density at radius 1 is 0.919 bits per heavy atom. The van der Waals surface area contributed by atoms with Crippen LogP contribution in [0.1, 0.15) is 10.4 Å². The third-order valence-electron chi connectivity index (χ3n) is 5.59. The van der Waals surface area contributed by atoms with E-state index < -0.39 is 11.5 Å². The van der Waals surface area contributed by atoms with Gasteiger partial charge in [0.05, 0.1) is 10.2 Å². The van der Waals surface area contributed by atoms with E-state index in [1.807, 2.05) is 42.5 Å². The number of pyridine rings is 1. The molecule has 4 aromatic heterocycles. The molecule has 0 unspecified atom stereocenters. The minimum atomic E-state index is -0.722. The van der Waals surface area contributed by atoms with Gasteiger partial charge in [0, 0.05) is 27.3 Å². The monoisotopic (exact) mass is 616 g/mol. The number of benzene rings is 2. The van der Waals surface area contributed by atoms with Crippen molar-refractivity contribution in [2.24, 2.45) is 0 Å². The number of amides is 1. The number of halogens is 2. The average Bonchev–Trinajstić information content (AvgIpc) is 3.33. The van der Waals surface area contributed by atoms with Gasteiger partial charge in [-0.3, -0.25) is 9.78 Å². The molecule has 0 fully saturated rings. The molecule has 1 amide bonds. The molecule has 180 valence electrons. The zero-order valence-corrected chi connectivity index (χ0v) is 21.9. The van der Waals surface area contributed by atoms with Crippen LogP contribution in [0.5, 0.6) is 0 Å². The van der Waals surface area contributed by atoms with Gasteiger partial charge < -0.3 is 9.73 Å². The van der Waals surface area contributed by atoms with Crippen LogP contribution in [0.25, 0.3) is 39.4 Å². The number of nitrogens with zero attached hydrogens (tertiary/aromatic N) is 5. The lowest BCUT2D eigenvalue weighted by Crippen LogP contribution is -2.20. The number of fused-ring (bicyclic) bond motifs is 2. The second kappa shape index (κ2) is 9.34. The molecule has 0 bridgehead atoms. The molecule has 0 aliphatic rings. The van der Waals surface area contributed by atoms with Gasteiger partial charge in [0.2, 0.25) is 5.82 Å². The summed E-state index contributed by atoms with van der Waals surface area (Å²) < 4.78 is 8.42. The summed E-state index contributed by atoms with van der Waals surface area (Å²) in [4.78, 5) is 29.7. The van der Waals surface area contributed by atoms with Crippen LogP contribution in [-0.4, -0.2) is 30.7 Å². The highest BCUT2D eigenvalue weighted by Gasteiger charge is 2.16. The van der Waals surface area contributed by atoms with Crippen LogP contribution in [0, 0.1) is 0 Å². The van der Waals surface area contributed by atoms with E-state index in [0.29, 0.717) is 44.0 Å². The van der Waals surface area contributed by atoms with Gasteiger partial charge in [-0.15, -0.1) is 10.2 Å². The predicted octanol–water partition coefficient (Wildman–Crippen LogP) is 5.74. The summed E-state index contributed by atoms with van der Waals surface area (Å²) in [6.45, 7) is 0. The molecule has 0 saturated carbocycles. The molecule has 0 aliphatic carbocycles. The largest absolute Gasteiger partial charge is 0.421 e. The van der Waals surface area contributed by atoms with Crippen molar-refractivity contribution in [3.8, 4) is 22.8 Å². The number of carbonyl (C=O) groups is 1. The lowest BCUT2D eigenvalue weighted by atomic mass is 10.1. The topological polar surface area (TPSA) is 115 Å². The molecular formula is C26H14Br2N6O3. The fraction of sp³-hybridized carbons (Fsp3) is 0. The normalized spacial score (nSPS) is 11.2. The van der Waals surface area contributed by atoms with Gasteiger partial charge in [-0.05, 0) is 70.5 Å². The first kappa shape index (κ1) is 23.2. The van der Waals surface area contributed by atoms with Gasteiger partial charge in [-0.25, -0.2) is 4.79 Å². The van der Waals surface area contributed by atoms with Crippen molar-refractivity contribution in [3.05, 3.63) is 104 Å². The van der Waals surface area contributed by atoms with Gasteiger partial charge in [0.15, 0.2) is 11.2 Å². The number of aromatic nitrogens is 5. The van der Waals surface area contributed by atoms with E-state index >= 15 is 0 Å². The van der Waals surface area contributed by atoms with Crippen LogP contribution in [0.3, 0.4) is 0 Å². The average molecular weight is 618 g/mol. The first-order chi connectivity index (χ1) is 18.0. The SMILES string of the molecule is O=C(Nc1ccc(-c2ccc3nnc(-c4ccccn4)n3n2)cc1)c1cc2cc(Br)cc(Br)c2oc1=O. The Kier molecular flexibility index (Phi) is 5.85. The van der Waals surface area contributed by atoms with Crippen molar-refractivity contribution in [3.63, 3.8) is 0 Å². The summed E-state index contributed by atoms with van der Waals surface area (Å²) in [5.74, 6) is -0.0295. The summed E-state index contributed by atoms with van der Waals surface area (Å²) in [5, 5.41) is 16.4. The second-order valence-electron chi connectivity index (χ2n) is 8.01. The Balaban J connectivity index is 1.27. The molecule has 2 aromatic carbocycles. The quantitative estimate of drug-likeness (QED) is 0.251. The maximum atomic E-state index is 12.9. The molecule has 9 nitrogen and oxygen atoms in total. The van der Waals surface area contributed by atoms with Crippen molar-refractivity contribution in [1.29, 1.82) is 0 Å². The smallest absolute Gasteiger partial charge is 0.349 e. The molecular weight excluding hydrogens is 604 g/mol. The number of hydrogen-bond acceptors (Lipinski definition) is 7. The van der Waals surface area contributed by atoms with E-state index in [4.69, 9.17) is 4.42 Å². The van der Waals surface area contributed by atoms with Crippen LogP contribution >= 0.6 is 31.9 Å². The molecule has 0 aliphatic heterocycles. The van der Waals surface area contributed by atoms with E-state index in [0.717, 1.165) is 10.0 Å². The minimum absolute atomic E-state index is 0.0941. The molecule has 1 N–H and O–H groups in total. The molecule has 6 rings (SSSR count). The van der Waals surface area contributed by atoms with Crippen LogP contribution in [0.2, 0.25) is 0 Å². The van der Waals surface area contributed by atoms with Crippen molar-refractivity contribution < 1.29 is 9.21 Å². The lowest BCUT2D eigenvalue weighted by molar-refractivity contribution is 0.102. The Labute approximate surface area is 225 Å². The van der Waals surface area contributed by atoms with Crippen molar-refractivity contribution in [2.45, 2.75) is 0 Å². The third kappa shape index (κ3) is 4.43. The zero-order valence-electron chi connectivity index (χ0n) is 18.7. The van der Waals surface area contributed by atoms with Gasteiger partial charge in [-0.1, -0.05) is 34.1 Å². The number of anilines is 1. The maximum Gasteiger partial charge on any atom is 0.349 e. The van der Waals surface area contributed by atoms with Crippen molar-refractivity contribution in [1.82, 2.24) is 24.8 Å². The molecule has 4 heterocycles. The zero-order chi connectivity index (χ0) is 25.5. The Morgan fingerprint density at radius 3 is 2.54 bits per heavy atom. The summed E-state index contributed by atoms with van der Waals surface area (Å²) in [7, 11) is 0. The Bertz CT molecular complexity index is 1870. The van der Waals surface area contributed by atoms with E-state index in [2.05, 4.69) is 57.5 Å². The fourth-order valence-corrected chi connectivity index (χ4v) is 5.18. The van der Waals surface area contributed by atoms with E-state index in [-0.39, 0.29) is 5.56 Å². The van der Waals surface area contributed by atoms with E-state index in [1.165, 1.54) is 6.07 Å². The van der Waals surface area contributed by atoms with Crippen LogP contribution in [-0.2, 0) is 0 Å². The second-order valence-corrected chi connectivity index (χ2v) is 9.78. The van der Waals surface area contributed by atoms with Crippen LogP contribution in [0.15, 0.2) is 97.2 Å². The van der Waals surface area contributed by atoms with Gasteiger partial charge >= 0.3 is 5.63 Å². The van der Waals surface area contributed by atoms with Gasteiger partial charge in [0.25, 0.3) is 5.91 Å². The molecule has 0 atom stereocenters. The third-order valence-corrected chi connectivity index (χ3v) is 6.64. The van der Waals surface area contributed by atoms with Crippen molar-refractivity contribution >= 4 is 60.1 Å². The molecule has 6 aromatic rings. The molecule has 0 saturated heterocycles. The number of hydrogen-bond donors (Lipinski definition) is 1. The number of carbonyl (C=O) groups excluding carboxylic acids is 1. The molecule has 0 spiro atoms. The maximum absolute atomic E-state index is 12.9. The summed E-state index contributed by atoms with van der Waals surface area (Å²) in [6.07, 6.45) is 1.69. The summed E-state index contributed by atoms with van der Waals surface area (Å²) in [5.41, 5.74) is 2.84. The van der Waals surface area contributed by atoms with E-state index in [9.17, 15) is 9.59 Å². The molecule has 37 heavy (non-hydrogen) atoms. The van der Waals surface area contributed by atoms with Gasteiger partial charge in [-0.2, -0.15) is 9.61 Å². The first-order valence-corrected chi connectivity index (χ1v) is 12.5. The van der Waals surface area contributed by atoms with Crippen molar-refractivity contribution in [2.75, 3.05) is 5.32 Å². The Morgan fingerprint density at radius 2 is 1.76 bits per heavy atom. The number of nitrogens with one attached hydrogen (secondary N) is 1. The number of rotatable bonds is 4. The van der Waals surface area contributed by atoms with Crippen LogP contribution in [0.4, 0.5) is 5.69 Å². The molecule has 11 heteroatoms. The molecule has 0 radical (unpaired) electrons. The van der Waals surface area contributed by atoms with E-state index in [1.54, 1.807) is 35.0 Å². The predicted molar refractivity (Wildman–Crippen MR) is 145 cm³/mol. The lowest BCUT2D eigenvalue weighted by Gasteiger charge is -2.08. The summed E-state index contributed by atoms with van der Waals surface area (Å²) >= 11 is 6.77. The standard InChI is InChI=1S/C26H14Br2N6O3/c27-16-11-15-12-18(26(36)37-23(15)19(28)13-16)25(35)30-17-6-4-14(5-7-17)20-8-9-22-31-32-24(34(22)33-20)21-3-1-2-10-29-21/h1-13H,(H,30,35). The Hall–Kier alpha value is -4.22. The minimum Gasteiger partial charge on any atom is -0.421 e. The first-order valence-electron chi connectivity index (χ1n) is 10.9. The fourth-order valence-electron chi connectivity index (χ4n) is 3.84. The van der Waals surface area contributed by atoms with Gasteiger partial charge in [0.1, 0.15) is 11.3 Å². The summed E-state index contributed by atoms with van der Waals surface area (Å²) in [6, 6.07) is 21.4.